The van der Waals surface area contributed by atoms with Crippen molar-refractivity contribution in [1.29, 1.82) is 0 Å². The van der Waals surface area contributed by atoms with Crippen molar-refractivity contribution in [2.24, 2.45) is 7.05 Å². The molecule has 1 amide bonds. The number of fused-ring (bicyclic) bond motifs is 4. The van der Waals surface area contributed by atoms with E-state index in [-0.39, 0.29) is 22.6 Å². The topological polar surface area (TPSA) is 81.3 Å². The Kier molecular flexibility index (Phi) is 6.23. The number of nitrogens with one attached hydrogen (secondary N) is 1. The quantitative estimate of drug-likeness (QED) is 0.402. The number of thioether (sulfide) groups is 1. The maximum Gasteiger partial charge on any atom is 0.265 e. The summed E-state index contributed by atoms with van der Waals surface area (Å²) in [7, 11) is 1.78. The van der Waals surface area contributed by atoms with Gasteiger partial charge in [-0.3, -0.25) is 9.59 Å². The van der Waals surface area contributed by atoms with E-state index < -0.39 is 0 Å². The average molecular weight is 488 g/mol. The summed E-state index contributed by atoms with van der Waals surface area (Å²) >= 11 is 1.26. The van der Waals surface area contributed by atoms with Gasteiger partial charge in [-0.05, 0) is 30.4 Å². The number of hydrogen-bond donors (Lipinski definition) is 1. The Morgan fingerprint density at radius 1 is 1.14 bits per heavy atom. The van der Waals surface area contributed by atoms with Gasteiger partial charge in [0.2, 0.25) is 11.7 Å². The van der Waals surface area contributed by atoms with E-state index in [4.69, 9.17) is 4.98 Å². The highest BCUT2D eigenvalue weighted by molar-refractivity contribution is 7.99. The minimum atomic E-state index is -0.318. The van der Waals surface area contributed by atoms with Gasteiger partial charge >= 0.3 is 0 Å². The Balaban J connectivity index is 1.43. The predicted molar refractivity (Wildman–Crippen MR) is 139 cm³/mol. The first-order valence-corrected chi connectivity index (χ1v) is 12.9. The second-order valence-corrected chi connectivity index (χ2v) is 10.2. The van der Waals surface area contributed by atoms with Crippen LogP contribution in [0.1, 0.15) is 37.0 Å². The highest BCUT2D eigenvalue weighted by Crippen LogP contribution is 2.42. The summed E-state index contributed by atoms with van der Waals surface area (Å²) in [6.07, 6.45) is 2.39. The second-order valence-electron chi connectivity index (χ2n) is 9.30. The molecule has 0 saturated heterocycles. The van der Waals surface area contributed by atoms with Crippen molar-refractivity contribution < 1.29 is 4.79 Å². The molecule has 5 rings (SSSR count). The smallest absolute Gasteiger partial charge is 0.265 e. The Morgan fingerprint density at radius 2 is 1.89 bits per heavy atom. The lowest BCUT2D eigenvalue weighted by Gasteiger charge is -2.34. The monoisotopic (exact) mass is 487 g/mol. The van der Waals surface area contributed by atoms with E-state index in [1.807, 2.05) is 48.5 Å². The fraction of sp³-hybridized carbons (Fsp3) is 0.333. The number of benzene rings is 2. The molecule has 7 nitrogen and oxygen atoms in total. The third-order valence-electron chi connectivity index (χ3n) is 6.93. The highest BCUT2D eigenvalue weighted by Gasteiger charge is 2.38. The van der Waals surface area contributed by atoms with Crippen LogP contribution in [0.25, 0.3) is 17.0 Å². The number of rotatable bonds is 7. The van der Waals surface area contributed by atoms with Crippen LogP contribution in [0.15, 0.2) is 64.5 Å². The maximum atomic E-state index is 13.9. The lowest BCUT2D eigenvalue weighted by atomic mass is 9.69. The van der Waals surface area contributed by atoms with Crippen LogP contribution in [0.5, 0.6) is 0 Å². The standard InChI is InChI=1S/C27H29N5O2S/c1-4-27(2)16-19-12-8-9-13-20(19)23-22(27)24(34)32-25(29-23)31(3)30-26(32)35-17-21(33)28-15-14-18-10-6-5-7-11-18/h5-13H,4,14-17H2,1-3H3,(H,28,33)/t27-/m0/s1. The van der Waals surface area contributed by atoms with Crippen molar-refractivity contribution in [3.63, 3.8) is 0 Å². The van der Waals surface area contributed by atoms with Crippen molar-refractivity contribution in [2.75, 3.05) is 12.3 Å². The molecule has 0 saturated carbocycles. The van der Waals surface area contributed by atoms with Gasteiger partial charge < -0.3 is 5.32 Å². The molecule has 0 radical (unpaired) electrons. The zero-order valence-corrected chi connectivity index (χ0v) is 21.1. The van der Waals surface area contributed by atoms with Crippen LogP contribution in [0.2, 0.25) is 0 Å². The minimum Gasteiger partial charge on any atom is -0.355 e. The summed E-state index contributed by atoms with van der Waals surface area (Å²) in [5.41, 5.74) is 4.48. The molecule has 0 bridgehead atoms. The first-order chi connectivity index (χ1) is 16.9. The Bertz CT molecular complexity index is 1460. The van der Waals surface area contributed by atoms with E-state index in [1.165, 1.54) is 22.9 Å². The van der Waals surface area contributed by atoms with Crippen LogP contribution in [0.3, 0.4) is 0 Å². The summed E-state index contributed by atoms with van der Waals surface area (Å²) in [4.78, 5) is 31.3. The van der Waals surface area contributed by atoms with Gasteiger partial charge in [0.1, 0.15) is 0 Å². The van der Waals surface area contributed by atoms with Gasteiger partial charge in [-0.15, -0.1) is 5.10 Å². The number of aromatic nitrogens is 4. The molecule has 1 N–H and O–H groups in total. The molecule has 0 fully saturated rings. The fourth-order valence-electron chi connectivity index (χ4n) is 4.84. The van der Waals surface area contributed by atoms with Crippen LogP contribution in [0.4, 0.5) is 0 Å². The molecule has 180 valence electrons. The van der Waals surface area contributed by atoms with E-state index in [9.17, 15) is 9.59 Å². The number of amides is 1. The van der Waals surface area contributed by atoms with Gasteiger partial charge in [-0.1, -0.05) is 80.2 Å². The van der Waals surface area contributed by atoms with E-state index >= 15 is 0 Å². The molecular weight excluding hydrogens is 458 g/mol. The molecular formula is C27H29N5O2S. The highest BCUT2D eigenvalue weighted by atomic mass is 32.2. The molecule has 2 heterocycles. The van der Waals surface area contributed by atoms with Crippen molar-refractivity contribution in [3.05, 3.63) is 81.6 Å². The van der Waals surface area contributed by atoms with Gasteiger partial charge in [0, 0.05) is 24.6 Å². The summed E-state index contributed by atoms with van der Waals surface area (Å²) in [5, 5.41) is 7.99. The molecule has 4 aromatic rings. The normalized spacial score (nSPS) is 16.7. The molecule has 8 heteroatoms. The Morgan fingerprint density at radius 3 is 2.66 bits per heavy atom. The molecule has 2 aromatic heterocycles. The number of aryl methyl sites for hydroxylation is 1. The maximum absolute atomic E-state index is 13.9. The van der Waals surface area contributed by atoms with Crippen LogP contribution < -0.4 is 10.9 Å². The first kappa shape index (κ1) is 23.4. The van der Waals surface area contributed by atoms with Gasteiger partial charge in [-0.25, -0.2) is 14.1 Å². The molecule has 1 aliphatic carbocycles. The SMILES string of the molecule is CC[C@@]1(C)Cc2ccccc2-c2nc3n(C)nc(SCC(=O)NCCc4ccccc4)n3c(=O)c21. The summed E-state index contributed by atoms with van der Waals surface area (Å²) < 4.78 is 3.19. The average Bonchev–Trinajstić information content (AvgIpc) is 3.19. The zero-order valence-electron chi connectivity index (χ0n) is 20.2. The van der Waals surface area contributed by atoms with Gasteiger partial charge in [0.15, 0.2) is 5.16 Å². The van der Waals surface area contributed by atoms with Crippen molar-refractivity contribution in [1.82, 2.24) is 24.5 Å². The minimum absolute atomic E-state index is 0.0870. The van der Waals surface area contributed by atoms with Crippen molar-refractivity contribution >= 4 is 23.4 Å². The van der Waals surface area contributed by atoms with Gasteiger partial charge in [-0.2, -0.15) is 0 Å². The second kappa shape index (κ2) is 9.34. The predicted octanol–water partition coefficient (Wildman–Crippen LogP) is 3.77. The van der Waals surface area contributed by atoms with Crippen LogP contribution in [-0.4, -0.2) is 37.4 Å². The summed E-state index contributed by atoms with van der Waals surface area (Å²) in [6.45, 7) is 4.82. The summed E-state index contributed by atoms with van der Waals surface area (Å²) in [5.74, 6) is 0.574. The Labute approximate surface area is 208 Å². The number of carbonyl (C=O) groups excluding carboxylic acids is 1. The number of carbonyl (C=O) groups is 1. The van der Waals surface area contributed by atoms with E-state index in [0.29, 0.717) is 17.5 Å². The lowest BCUT2D eigenvalue weighted by molar-refractivity contribution is -0.118. The first-order valence-electron chi connectivity index (χ1n) is 11.9. The molecule has 0 aliphatic heterocycles. The third kappa shape index (κ3) is 4.27. The largest absolute Gasteiger partial charge is 0.355 e. The number of nitrogens with zero attached hydrogens (tertiary/aromatic N) is 4. The van der Waals surface area contributed by atoms with E-state index in [0.717, 1.165) is 36.1 Å². The molecule has 1 aliphatic rings. The van der Waals surface area contributed by atoms with Crippen LogP contribution in [0, 0.1) is 0 Å². The van der Waals surface area contributed by atoms with Gasteiger partial charge in [0.05, 0.1) is 17.0 Å². The van der Waals surface area contributed by atoms with Crippen molar-refractivity contribution in [3.8, 4) is 11.3 Å². The fourth-order valence-corrected chi connectivity index (χ4v) is 5.67. The molecule has 0 spiro atoms. The Hall–Kier alpha value is -3.39. The van der Waals surface area contributed by atoms with E-state index in [1.54, 1.807) is 16.1 Å². The van der Waals surface area contributed by atoms with Gasteiger partial charge in [0.25, 0.3) is 5.56 Å². The molecule has 1 atom stereocenters. The molecule has 35 heavy (non-hydrogen) atoms. The molecule has 2 aromatic carbocycles. The zero-order chi connectivity index (χ0) is 24.6. The van der Waals surface area contributed by atoms with Crippen molar-refractivity contribution in [2.45, 2.75) is 43.7 Å². The van der Waals surface area contributed by atoms with Crippen LogP contribution >= 0.6 is 11.8 Å². The lowest BCUT2D eigenvalue weighted by Crippen LogP contribution is -2.38. The number of hydrogen-bond acceptors (Lipinski definition) is 5. The summed E-state index contributed by atoms with van der Waals surface area (Å²) in [6, 6.07) is 18.2. The van der Waals surface area contributed by atoms with Crippen LogP contribution in [-0.2, 0) is 30.1 Å². The van der Waals surface area contributed by atoms with E-state index in [2.05, 4.69) is 30.3 Å². The molecule has 0 unspecified atom stereocenters. The third-order valence-corrected chi connectivity index (χ3v) is 7.86.